The maximum absolute atomic E-state index is 11.9. The molecular formula is C16H21NO2. The van der Waals surface area contributed by atoms with Gasteiger partial charge in [0, 0.05) is 0 Å². The summed E-state index contributed by atoms with van der Waals surface area (Å²) < 4.78 is 5.60. The molecule has 0 aliphatic heterocycles. The van der Waals surface area contributed by atoms with E-state index in [9.17, 15) is 4.79 Å². The zero-order valence-electron chi connectivity index (χ0n) is 11.7. The fourth-order valence-corrected chi connectivity index (χ4v) is 2.68. The Balaban J connectivity index is 1.90. The molecule has 1 fully saturated rings. The van der Waals surface area contributed by atoms with Crippen LogP contribution in [0.15, 0.2) is 18.2 Å². The van der Waals surface area contributed by atoms with Gasteiger partial charge in [0.1, 0.15) is 5.60 Å². The highest BCUT2D eigenvalue weighted by atomic mass is 16.6. The second-order valence-corrected chi connectivity index (χ2v) is 5.66. The number of anilines is 1. The molecule has 0 radical (unpaired) electrons. The third-order valence-corrected chi connectivity index (χ3v) is 3.83. The quantitative estimate of drug-likeness (QED) is 0.883. The van der Waals surface area contributed by atoms with Crippen LogP contribution in [0.3, 0.4) is 0 Å². The predicted octanol–water partition coefficient (Wildman–Crippen LogP) is 4.19. The van der Waals surface area contributed by atoms with E-state index in [1.165, 1.54) is 19.3 Å². The van der Waals surface area contributed by atoms with E-state index in [-0.39, 0.29) is 0 Å². The van der Waals surface area contributed by atoms with Crippen LogP contribution in [0.2, 0.25) is 0 Å². The highest BCUT2D eigenvalue weighted by Gasteiger charge is 2.34. The summed E-state index contributed by atoms with van der Waals surface area (Å²) in [4.78, 5) is 11.9. The number of amides is 1. The molecule has 3 nitrogen and oxygen atoms in total. The molecular weight excluding hydrogens is 238 g/mol. The number of hydrogen-bond donors (Lipinski definition) is 1. The number of ether oxygens (including phenoxy) is 1. The van der Waals surface area contributed by atoms with Gasteiger partial charge in [-0.2, -0.15) is 0 Å². The average Bonchev–Trinajstić information content (AvgIpc) is 2.40. The van der Waals surface area contributed by atoms with Crippen molar-refractivity contribution in [3.8, 4) is 0 Å². The Morgan fingerprint density at radius 3 is 2.74 bits per heavy atom. The summed E-state index contributed by atoms with van der Waals surface area (Å²) in [7, 11) is 0. The summed E-state index contributed by atoms with van der Waals surface area (Å²) >= 11 is 0. The van der Waals surface area contributed by atoms with Crippen molar-refractivity contribution in [1.82, 2.24) is 0 Å². The van der Waals surface area contributed by atoms with Crippen LogP contribution in [0.25, 0.3) is 0 Å². The van der Waals surface area contributed by atoms with Crippen molar-refractivity contribution in [2.75, 3.05) is 5.32 Å². The van der Waals surface area contributed by atoms with Gasteiger partial charge in [-0.05, 0) is 50.8 Å². The molecule has 1 aliphatic rings. The molecule has 19 heavy (non-hydrogen) atoms. The van der Waals surface area contributed by atoms with E-state index in [1.807, 2.05) is 13.8 Å². The zero-order valence-corrected chi connectivity index (χ0v) is 11.7. The molecule has 1 aliphatic carbocycles. The van der Waals surface area contributed by atoms with Crippen LogP contribution in [-0.4, -0.2) is 11.7 Å². The molecule has 0 heterocycles. The number of hydrogen-bond acceptors (Lipinski definition) is 2. The van der Waals surface area contributed by atoms with Gasteiger partial charge in [0.2, 0.25) is 0 Å². The third-order valence-electron chi connectivity index (χ3n) is 3.83. The lowest BCUT2D eigenvalue weighted by molar-refractivity contribution is -0.0117. The van der Waals surface area contributed by atoms with Crippen LogP contribution in [0, 0.1) is 18.1 Å². The second kappa shape index (κ2) is 5.97. The first-order valence-electron chi connectivity index (χ1n) is 6.96. The van der Waals surface area contributed by atoms with Crippen LogP contribution in [0.5, 0.6) is 0 Å². The van der Waals surface area contributed by atoms with E-state index >= 15 is 0 Å². The summed E-state index contributed by atoms with van der Waals surface area (Å²) in [6.45, 7) is 4.01. The topological polar surface area (TPSA) is 38.3 Å². The summed E-state index contributed by atoms with van der Waals surface area (Å²) in [6.07, 6.45) is 5.65. The van der Waals surface area contributed by atoms with Crippen LogP contribution < -0.4 is 5.32 Å². The average molecular weight is 259 g/mol. The van der Waals surface area contributed by atoms with Crippen molar-refractivity contribution in [2.45, 2.75) is 51.6 Å². The van der Waals surface area contributed by atoms with Gasteiger partial charge in [-0.25, -0.2) is 4.79 Å². The van der Waals surface area contributed by atoms with E-state index in [0.717, 1.165) is 12.8 Å². The molecule has 1 amide bonds. The Morgan fingerprint density at radius 2 is 2.11 bits per heavy atom. The van der Waals surface area contributed by atoms with Crippen molar-refractivity contribution in [3.63, 3.8) is 0 Å². The molecule has 1 aromatic carbocycles. The SMILES string of the molecule is CC(C)(OC(=O)Nc1c#cccc1)C1CCCCC1. The number of nitrogens with one attached hydrogen (secondary N) is 1. The fourth-order valence-electron chi connectivity index (χ4n) is 2.68. The Bertz CT molecular complexity index is 408. The van der Waals surface area contributed by atoms with Crippen LogP contribution in [-0.2, 0) is 4.74 Å². The molecule has 3 heteroatoms. The second-order valence-electron chi connectivity index (χ2n) is 5.66. The van der Waals surface area contributed by atoms with Crippen molar-refractivity contribution < 1.29 is 9.53 Å². The smallest absolute Gasteiger partial charge is 0.412 e. The van der Waals surface area contributed by atoms with Crippen LogP contribution >= 0.6 is 0 Å². The monoisotopic (exact) mass is 259 g/mol. The molecule has 1 N–H and O–H groups in total. The van der Waals surface area contributed by atoms with E-state index in [0.29, 0.717) is 11.6 Å². The highest BCUT2D eigenvalue weighted by molar-refractivity contribution is 5.84. The van der Waals surface area contributed by atoms with Gasteiger partial charge in [-0.15, -0.1) is 0 Å². The van der Waals surface area contributed by atoms with Crippen molar-refractivity contribution in [3.05, 3.63) is 30.3 Å². The first-order valence-corrected chi connectivity index (χ1v) is 6.96. The third kappa shape index (κ3) is 3.89. The number of carbonyl (C=O) groups is 1. The Hall–Kier alpha value is -1.69. The molecule has 0 unspecified atom stereocenters. The standard InChI is InChI=1S/C16H21NO2/c1-16(2,13-9-5-3-6-10-13)19-15(18)17-14-11-7-4-8-12-14/h4,7,11,13H,3,5-6,9-10H2,1-2H3,(H,17,18). The summed E-state index contributed by atoms with van der Waals surface area (Å²) in [5, 5.41) is 2.69. The lowest BCUT2D eigenvalue weighted by Gasteiger charge is -2.36. The van der Waals surface area contributed by atoms with Gasteiger partial charge in [0.25, 0.3) is 0 Å². The highest BCUT2D eigenvalue weighted by Crippen LogP contribution is 2.34. The van der Waals surface area contributed by atoms with Gasteiger partial charge in [0.05, 0.1) is 5.69 Å². The van der Waals surface area contributed by atoms with Crippen LogP contribution in [0.1, 0.15) is 46.0 Å². The molecule has 2 rings (SSSR count). The van der Waals surface area contributed by atoms with E-state index < -0.39 is 11.7 Å². The molecule has 102 valence electrons. The summed E-state index contributed by atoms with van der Waals surface area (Å²) in [5.41, 5.74) is 0.176. The van der Waals surface area contributed by atoms with Gasteiger partial charge in [-0.3, -0.25) is 5.32 Å². The minimum Gasteiger partial charge on any atom is -0.443 e. The van der Waals surface area contributed by atoms with Gasteiger partial charge < -0.3 is 4.74 Å². The molecule has 1 saturated carbocycles. The molecule has 1 aromatic rings. The van der Waals surface area contributed by atoms with Gasteiger partial charge in [-0.1, -0.05) is 31.4 Å². The fraction of sp³-hybridized carbons (Fsp3) is 0.562. The van der Waals surface area contributed by atoms with Gasteiger partial charge >= 0.3 is 6.09 Å². The molecule has 0 bridgehead atoms. The first kappa shape index (κ1) is 13.7. The number of rotatable bonds is 3. The van der Waals surface area contributed by atoms with E-state index in [4.69, 9.17) is 4.74 Å². The molecule has 0 spiro atoms. The molecule has 0 saturated heterocycles. The minimum atomic E-state index is -0.414. The van der Waals surface area contributed by atoms with E-state index in [2.05, 4.69) is 17.4 Å². The maximum atomic E-state index is 11.9. The summed E-state index contributed by atoms with van der Waals surface area (Å²) in [5.74, 6) is 0.457. The predicted molar refractivity (Wildman–Crippen MR) is 74.9 cm³/mol. The van der Waals surface area contributed by atoms with Crippen molar-refractivity contribution in [2.24, 2.45) is 5.92 Å². The lowest BCUT2D eigenvalue weighted by Crippen LogP contribution is -2.39. The molecule has 0 atom stereocenters. The summed E-state index contributed by atoms with van der Waals surface area (Å²) in [6, 6.07) is 10.9. The van der Waals surface area contributed by atoms with Crippen molar-refractivity contribution >= 4 is 11.8 Å². The Morgan fingerprint density at radius 1 is 1.37 bits per heavy atom. The van der Waals surface area contributed by atoms with Crippen LogP contribution in [0.4, 0.5) is 10.5 Å². The zero-order chi connectivity index (χ0) is 13.7. The minimum absolute atomic E-state index is 0.411. The lowest BCUT2D eigenvalue weighted by atomic mass is 9.79. The molecule has 0 aromatic heterocycles. The van der Waals surface area contributed by atoms with E-state index in [1.54, 1.807) is 18.2 Å². The Kier molecular flexibility index (Phi) is 4.31. The van der Waals surface area contributed by atoms with Crippen molar-refractivity contribution in [1.29, 1.82) is 0 Å². The van der Waals surface area contributed by atoms with Gasteiger partial charge in [0.15, 0.2) is 0 Å². The Labute approximate surface area is 115 Å². The number of carbonyl (C=O) groups excluding carboxylic acids is 1. The largest absolute Gasteiger partial charge is 0.443 e. The first-order chi connectivity index (χ1) is 9.08. The maximum Gasteiger partial charge on any atom is 0.412 e. The normalized spacial score (nSPS) is 16.5.